The van der Waals surface area contributed by atoms with Gasteiger partial charge in [0, 0.05) is 12.1 Å². The Morgan fingerprint density at radius 3 is 2.32 bits per heavy atom. The van der Waals surface area contributed by atoms with E-state index in [0.29, 0.717) is 25.0 Å². The molecule has 120 valence electrons. The van der Waals surface area contributed by atoms with Gasteiger partial charge < -0.3 is 15.8 Å². The molecule has 0 saturated heterocycles. The number of rotatable bonds is 7. The monoisotopic (exact) mass is 304 g/mol. The smallest absolute Gasteiger partial charge is 0.407 e. The van der Waals surface area contributed by atoms with Crippen molar-refractivity contribution in [2.24, 2.45) is 5.73 Å². The van der Waals surface area contributed by atoms with Gasteiger partial charge in [-0.1, -0.05) is 44.2 Å². The van der Waals surface area contributed by atoms with Gasteiger partial charge in [-0.2, -0.15) is 0 Å². The minimum atomic E-state index is -0.512. The molecule has 2 amide bonds. The van der Waals surface area contributed by atoms with E-state index in [4.69, 9.17) is 10.5 Å². The molecular weight excluding hydrogens is 280 g/mol. The van der Waals surface area contributed by atoms with Crippen molar-refractivity contribution >= 4 is 12.0 Å². The second-order valence-electron chi connectivity index (χ2n) is 4.96. The first-order valence-corrected chi connectivity index (χ1v) is 7.49. The molecule has 0 spiro atoms. The van der Waals surface area contributed by atoms with Crippen molar-refractivity contribution in [2.45, 2.75) is 46.3 Å². The predicted molar refractivity (Wildman–Crippen MR) is 86.0 cm³/mol. The first kappa shape index (κ1) is 17.8. The minimum Gasteiger partial charge on any atom is -0.442 e. The van der Waals surface area contributed by atoms with Crippen LogP contribution in [0.3, 0.4) is 0 Å². The quantitative estimate of drug-likeness (QED) is 0.760. The van der Waals surface area contributed by atoms with Crippen LogP contribution in [-0.2, 0) is 16.1 Å². The van der Waals surface area contributed by atoms with Crippen molar-refractivity contribution in [3.63, 3.8) is 0 Å². The topological polar surface area (TPSA) is 81.4 Å². The predicted octanol–water partition coefficient (Wildman–Crippen LogP) is 2.90. The molecule has 5 heteroatoms. The van der Waals surface area contributed by atoms with Gasteiger partial charge in [0.05, 0.1) is 0 Å². The number of carbonyl (C=O) groups excluding carboxylic acids is 2. The van der Waals surface area contributed by atoms with E-state index in [9.17, 15) is 9.59 Å². The first-order valence-electron chi connectivity index (χ1n) is 7.49. The van der Waals surface area contributed by atoms with Crippen LogP contribution in [0.2, 0.25) is 0 Å². The summed E-state index contributed by atoms with van der Waals surface area (Å²) in [7, 11) is 0. The van der Waals surface area contributed by atoms with E-state index >= 15 is 0 Å². The lowest BCUT2D eigenvalue weighted by Crippen LogP contribution is -2.29. The fraction of sp³-hybridized carbons (Fsp3) is 0.412. The summed E-state index contributed by atoms with van der Waals surface area (Å²) in [6.07, 6.45) is 0.141. The SMILES string of the molecule is CC/C(C(N)=O)=C(/CC)C(C)OC(=O)NCc1ccccc1. The van der Waals surface area contributed by atoms with Gasteiger partial charge in [-0.05, 0) is 30.9 Å². The largest absolute Gasteiger partial charge is 0.442 e. The average Bonchev–Trinajstić information content (AvgIpc) is 2.50. The standard InChI is InChI=1S/C17H24N2O3/c1-4-14(15(5-2)16(18)20)12(3)22-17(21)19-11-13-9-7-6-8-10-13/h6-10,12H,4-5,11H2,1-3H3,(H2,18,20)(H,19,21)/b15-14+. The van der Waals surface area contributed by atoms with E-state index in [1.54, 1.807) is 6.92 Å². The molecule has 0 bridgehead atoms. The summed E-state index contributed by atoms with van der Waals surface area (Å²) in [5.74, 6) is -0.459. The first-order chi connectivity index (χ1) is 10.5. The van der Waals surface area contributed by atoms with Crippen LogP contribution in [0.4, 0.5) is 4.79 Å². The summed E-state index contributed by atoms with van der Waals surface area (Å²) in [5, 5.41) is 2.70. The van der Waals surface area contributed by atoms with E-state index in [2.05, 4.69) is 5.32 Å². The highest BCUT2D eigenvalue weighted by Gasteiger charge is 2.18. The normalized spacial score (nSPS) is 13.0. The summed E-state index contributed by atoms with van der Waals surface area (Å²) in [6.45, 7) is 5.92. The zero-order chi connectivity index (χ0) is 16.5. The number of carbonyl (C=O) groups is 2. The third kappa shape index (κ3) is 5.24. The number of hydrogen-bond acceptors (Lipinski definition) is 3. The van der Waals surface area contributed by atoms with Crippen molar-refractivity contribution in [1.82, 2.24) is 5.32 Å². The van der Waals surface area contributed by atoms with Gasteiger partial charge >= 0.3 is 6.09 Å². The average molecular weight is 304 g/mol. The molecule has 22 heavy (non-hydrogen) atoms. The fourth-order valence-electron chi connectivity index (χ4n) is 2.35. The summed E-state index contributed by atoms with van der Waals surface area (Å²) in [4.78, 5) is 23.3. The van der Waals surface area contributed by atoms with Gasteiger partial charge in [-0.25, -0.2) is 4.79 Å². The van der Waals surface area contributed by atoms with Gasteiger partial charge in [0.15, 0.2) is 0 Å². The van der Waals surface area contributed by atoms with Crippen LogP contribution in [0, 0.1) is 0 Å². The van der Waals surface area contributed by atoms with E-state index in [1.807, 2.05) is 44.2 Å². The Bertz CT molecular complexity index is 538. The molecule has 0 aliphatic heterocycles. The molecule has 0 aromatic heterocycles. The van der Waals surface area contributed by atoms with Crippen LogP contribution in [0.25, 0.3) is 0 Å². The van der Waals surface area contributed by atoms with Gasteiger partial charge in [0.2, 0.25) is 5.91 Å². The number of alkyl carbamates (subject to hydrolysis) is 1. The highest BCUT2D eigenvalue weighted by molar-refractivity contribution is 5.92. The van der Waals surface area contributed by atoms with Gasteiger partial charge in [0.1, 0.15) is 6.10 Å². The van der Waals surface area contributed by atoms with Crippen LogP contribution < -0.4 is 11.1 Å². The van der Waals surface area contributed by atoms with Crippen LogP contribution in [0.5, 0.6) is 0 Å². The summed E-state index contributed by atoms with van der Waals surface area (Å²) < 4.78 is 5.34. The number of nitrogens with two attached hydrogens (primary N) is 1. The van der Waals surface area contributed by atoms with E-state index in [0.717, 1.165) is 11.1 Å². The second kappa shape index (κ2) is 8.87. The minimum absolute atomic E-state index is 0.397. The Balaban J connectivity index is 2.64. The molecule has 1 unspecified atom stereocenters. The lowest BCUT2D eigenvalue weighted by molar-refractivity contribution is -0.114. The maximum absolute atomic E-state index is 11.9. The molecular formula is C17H24N2O3. The molecule has 0 heterocycles. The maximum atomic E-state index is 11.9. The Kier molecular flexibility index (Phi) is 7.16. The van der Waals surface area contributed by atoms with E-state index in [1.165, 1.54) is 0 Å². The van der Waals surface area contributed by atoms with Crippen LogP contribution in [0.15, 0.2) is 41.5 Å². The molecule has 0 radical (unpaired) electrons. The van der Waals surface area contributed by atoms with Gasteiger partial charge in [-0.3, -0.25) is 4.79 Å². The summed E-state index contributed by atoms with van der Waals surface area (Å²) in [6, 6.07) is 9.57. The van der Waals surface area contributed by atoms with E-state index < -0.39 is 18.1 Å². The van der Waals surface area contributed by atoms with Crippen molar-refractivity contribution in [1.29, 1.82) is 0 Å². The van der Waals surface area contributed by atoms with Crippen molar-refractivity contribution in [3.05, 3.63) is 47.0 Å². The number of nitrogens with one attached hydrogen (secondary N) is 1. The summed E-state index contributed by atoms with van der Waals surface area (Å²) in [5.41, 5.74) is 7.67. The molecule has 1 aromatic rings. The number of ether oxygens (including phenoxy) is 1. The molecule has 0 aliphatic rings. The lowest BCUT2D eigenvalue weighted by atomic mass is 9.98. The second-order valence-corrected chi connectivity index (χ2v) is 4.96. The molecule has 5 nitrogen and oxygen atoms in total. The number of amides is 2. The fourth-order valence-corrected chi connectivity index (χ4v) is 2.35. The molecule has 3 N–H and O–H groups in total. The van der Waals surface area contributed by atoms with Crippen LogP contribution in [-0.4, -0.2) is 18.1 Å². The molecule has 1 atom stereocenters. The number of benzene rings is 1. The van der Waals surface area contributed by atoms with Crippen molar-refractivity contribution in [2.75, 3.05) is 0 Å². The zero-order valence-electron chi connectivity index (χ0n) is 13.4. The molecule has 1 aromatic carbocycles. The van der Waals surface area contributed by atoms with Crippen LogP contribution in [0.1, 0.15) is 39.2 Å². The van der Waals surface area contributed by atoms with Gasteiger partial charge in [0.25, 0.3) is 0 Å². The number of primary amides is 1. The van der Waals surface area contributed by atoms with Crippen molar-refractivity contribution < 1.29 is 14.3 Å². The Hall–Kier alpha value is -2.30. The van der Waals surface area contributed by atoms with Crippen LogP contribution >= 0.6 is 0 Å². The highest BCUT2D eigenvalue weighted by atomic mass is 16.6. The Labute approximate surface area is 131 Å². The Morgan fingerprint density at radius 1 is 1.18 bits per heavy atom. The molecule has 0 saturated carbocycles. The molecule has 0 fully saturated rings. The third-order valence-corrected chi connectivity index (χ3v) is 3.47. The van der Waals surface area contributed by atoms with E-state index in [-0.39, 0.29) is 0 Å². The maximum Gasteiger partial charge on any atom is 0.407 e. The van der Waals surface area contributed by atoms with Crippen molar-refractivity contribution in [3.8, 4) is 0 Å². The Morgan fingerprint density at radius 2 is 1.82 bits per heavy atom. The van der Waals surface area contributed by atoms with Gasteiger partial charge in [-0.15, -0.1) is 0 Å². The summed E-state index contributed by atoms with van der Waals surface area (Å²) >= 11 is 0. The lowest BCUT2D eigenvalue weighted by Gasteiger charge is -2.19. The highest BCUT2D eigenvalue weighted by Crippen LogP contribution is 2.18. The molecule has 1 rings (SSSR count). The molecule has 0 aliphatic carbocycles. The zero-order valence-corrected chi connectivity index (χ0v) is 13.4. The third-order valence-electron chi connectivity index (χ3n) is 3.47. The number of hydrogen-bond donors (Lipinski definition) is 2.